The van der Waals surface area contributed by atoms with Crippen LogP contribution >= 0.6 is 11.6 Å². The molecule has 0 saturated carbocycles. The van der Waals surface area contributed by atoms with E-state index < -0.39 is 0 Å². The minimum absolute atomic E-state index is 0.326. The molecule has 1 amide bonds. The molecule has 0 radical (unpaired) electrons. The number of benzene rings is 1. The average molecular weight is 262 g/mol. The highest BCUT2D eigenvalue weighted by Gasteiger charge is 2.11. The monoisotopic (exact) mass is 261 g/mol. The number of nitrogens with one attached hydrogen (secondary N) is 1. The lowest BCUT2D eigenvalue weighted by Crippen LogP contribution is -2.15. The second kappa shape index (κ2) is 5.06. The Balaban J connectivity index is 2.24. The van der Waals surface area contributed by atoms with E-state index in [0.717, 1.165) is 5.69 Å². The van der Waals surface area contributed by atoms with Gasteiger partial charge in [0.2, 0.25) is 0 Å². The van der Waals surface area contributed by atoms with Crippen LogP contribution in [0, 0.1) is 6.92 Å². The number of nitrogens with two attached hydrogens (primary N) is 1. The first-order chi connectivity index (χ1) is 8.56. The van der Waals surface area contributed by atoms with Crippen LogP contribution in [-0.4, -0.2) is 10.9 Å². The summed E-state index contributed by atoms with van der Waals surface area (Å²) in [6, 6.07) is 10.1. The molecule has 1 aromatic carbocycles. The molecule has 92 valence electrons. The number of aromatic nitrogens is 1. The standard InChI is InChI=1S/C13H12ClN3O/c1-8-3-2-4-12(16-8)17-13(18)10-7-9(14)5-6-11(10)15/h2-7H,15H2,1H3,(H,16,17,18). The quantitative estimate of drug-likeness (QED) is 0.817. The molecule has 4 nitrogen and oxygen atoms in total. The van der Waals surface area contributed by atoms with E-state index in [1.54, 1.807) is 18.2 Å². The van der Waals surface area contributed by atoms with Crippen LogP contribution in [0.4, 0.5) is 11.5 Å². The summed E-state index contributed by atoms with van der Waals surface area (Å²) in [5, 5.41) is 3.14. The number of aryl methyl sites for hydroxylation is 1. The van der Waals surface area contributed by atoms with Gasteiger partial charge in [-0.25, -0.2) is 4.98 Å². The summed E-state index contributed by atoms with van der Waals surface area (Å²) in [6.45, 7) is 1.85. The van der Waals surface area contributed by atoms with Crippen LogP contribution in [0.5, 0.6) is 0 Å². The maximum absolute atomic E-state index is 12.0. The number of amides is 1. The smallest absolute Gasteiger partial charge is 0.258 e. The van der Waals surface area contributed by atoms with E-state index in [2.05, 4.69) is 10.3 Å². The number of hydrogen-bond donors (Lipinski definition) is 2. The lowest BCUT2D eigenvalue weighted by Gasteiger charge is -2.07. The Bertz CT molecular complexity index is 599. The molecule has 1 aromatic heterocycles. The van der Waals surface area contributed by atoms with E-state index >= 15 is 0 Å². The van der Waals surface area contributed by atoms with E-state index in [1.165, 1.54) is 6.07 Å². The number of halogens is 1. The van der Waals surface area contributed by atoms with Crippen LogP contribution in [0.2, 0.25) is 5.02 Å². The molecule has 0 atom stereocenters. The van der Waals surface area contributed by atoms with Gasteiger partial charge >= 0.3 is 0 Å². The minimum Gasteiger partial charge on any atom is -0.398 e. The maximum atomic E-state index is 12.0. The summed E-state index contributed by atoms with van der Waals surface area (Å²) >= 11 is 5.84. The molecular formula is C13H12ClN3O. The third-order valence-corrected chi connectivity index (χ3v) is 2.62. The Hall–Kier alpha value is -2.07. The first-order valence-corrected chi connectivity index (χ1v) is 5.74. The molecule has 0 aliphatic carbocycles. The predicted molar refractivity (Wildman–Crippen MR) is 72.8 cm³/mol. The molecule has 0 unspecified atom stereocenters. The van der Waals surface area contributed by atoms with Crippen LogP contribution in [0.25, 0.3) is 0 Å². The Morgan fingerprint density at radius 2 is 2.11 bits per heavy atom. The Morgan fingerprint density at radius 3 is 2.83 bits per heavy atom. The van der Waals surface area contributed by atoms with Crippen molar-refractivity contribution in [2.45, 2.75) is 6.92 Å². The lowest BCUT2D eigenvalue weighted by atomic mass is 10.1. The van der Waals surface area contributed by atoms with Crippen molar-refractivity contribution in [2.24, 2.45) is 0 Å². The van der Waals surface area contributed by atoms with Gasteiger partial charge in [0, 0.05) is 16.4 Å². The second-order valence-electron chi connectivity index (χ2n) is 3.85. The number of anilines is 2. The van der Waals surface area contributed by atoms with Crippen molar-refractivity contribution >= 4 is 29.0 Å². The lowest BCUT2D eigenvalue weighted by molar-refractivity contribution is 0.102. The van der Waals surface area contributed by atoms with Gasteiger partial charge < -0.3 is 11.1 Å². The zero-order valence-electron chi connectivity index (χ0n) is 9.77. The van der Waals surface area contributed by atoms with Gasteiger partial charge in [-0.05, 0) is 37.3 Å². The number of carbonyl (C=O) groups excluding carboxylic acids is 1. The Kier molecular flexibility index (Phi) is 3.48. The maximum Gasteiger partial charge on any atom is 0.258 e. The summed E-state index contributed by atoms with van der Waals surface area (Å²) in [7, 11) is 0. The van der Waals surface area contributed by atoms with Gasteiger partial charge in [-0.15, -0.1) is 0 Å². The number of rotatable bonds is 2. The molecule has 2 rings (SSSR count). The number of pyridine rings is 1. The largest absolute Gasteiger partial charge is 0.398 e. The van der Waals surface area contributed by atoms with Crippen molar-refractivity contribution in [1.29, 1.82) is 0 Å². The van der Waals surface area contributed by atoms with Crippen LogP contribution in [0.1, 0.15) is 16.1 Å². The molecule has 0 aliphatic rings. The highest BCUT2D eigenvalue weighted by atomic mass is 35.5. The van der Waals surface area contributed by atoms with Gasteiger partial charge in [0.25, 0.3) is 5.91 Å². The average Bonchev–Trinajstić information content (AvgIpc) is 2.32. The fraction of sp³-hybridized carbons (Fsp3) is 0.0769. The normalized spacial score (nSPS) is 10.1. The van der Waals surface area contributed by atoms with Crippen LogP contribution in [0.15, 0.2) is 36.4 Å². The van der Waals surface area contributed by atoms with E-state index in [0.29, 0.717) is 22.1 Å². The van der Waals surface area contributed by atoms with Gasteiger partial charge in [-0.1, -0.05) is 17.7 Å². The zero-order valence-corrected chi connectivity index (χ0v) is 10.5. The van der Waals surface area contributed by atoms with Gasteiger partial charge in [0.05, 0.1) is 5.56 Å². The summed E-state index contributed by atoms with van der Waals surface area (Å²) in [5.74, 6) is 0.160. The molecule has 5 heteroatoms. The fourth-order valence-electron chi connectivity index (χ4n) is 1.52. The van der Waals surface area contributed by atoms with Gasteiger partial charge in [0.1, 0.15) is 5.82 Å². The predicted octanol–water partition coefficient (Wildman–Crippen LogP) is 2.88. The molecule has 18 heavy (non-hydrogen) atoms. The SMILES string of the molecule is Cc1cccc(NC(=O)c2cc(Cl)ccc2N)n1. The molecule has 3 N–H and O–H groups in total. The first kappa shape index (κ1) is 12.4. The molecule has 0 aliphatic heterocycles. The van der Waals surface area contributed by atoms with Gasteiger partial charge in [0.15, 0.2) is 0 Å². The minimum atomic E-state index is -0.326. The Morgan fingerprint density at radius 1 is 1.33 bits per heavy atom. The molecular weight excluding hydrogens is 250 g/mol. The highest BCUT2D eigenvalue weighted by molar-refractivity contribution is 6.31. The topological polar surface area (TPSA) is 68.0 Å². The van der Waals surface area contributed by atoms with Crippen molar-refractivity contribution in [3.05, 3.63) is 52.7 Å². The van der Waals surface area contributed by atoms with Crippen molar-refractivity contribution in [3.63, 3.8) is 0 Å². The van der Waals surface area contributed by atoms with Crippen molar-refractivity contribution < 1.29 is 4.79 Å². The summed E-state index contributed by atoms with van der Waals surface area (Å²) in [5.41, 5.74) is 7.28. The number of nitrogen functional groups attached to an aromatic ring is 1. The first-order valence-electron chi connectivity index (χ1n) is 5.36. The van der Waals surface area contributed by atoms with E-state index in [1.807, 2.05) is 19.1 Å². The zero-order chi connectivity index (χ0) is 13.1. The molecule has 2 aromatic rings. The number of carbonyl (C=O) groups is 1. The van der Waals surface area contributed by atoms with E-state index in [-0.39, 0.29) is 5.91 Å². The summed E-state index contributed by atoms with van der Waals surface area (Å²) in [6.07, 6.45) is 0. The number of nitrogens with zero attached hydrogens (tertiary/aromatic N) is 1. The molecule has 0 bridgehead atoms. The molecule has 1 heterocycles. The summed E-state index contributed by atoms with van der Waals surface area (Å²) in [4.78, 5) is 16.2. The third kappa shape index (κ3) is 2.78. The number of hydrogen-bond acceptors (Lipinski definition) is 3. The van der Waals surface area contributed by atoms with Crippen LogP contribution in [0.3, 0.4) is 0 Å². The Labute approximate surface area is 110 Å². The van der Waals surface area contributed by atoms with E-state index in [9.17, 15) is 4.79 Å². The van der Waals surface area contributed by atoms with Gasteiger partial charge in [-0.2, -0.15) is 0 Å². The molecule has 0 fully saturated rings. The second-order valence-corrected chi connectivity index (χ2v) is 4.29. The van der Waals surface area contributed by atoms with Crippen LogP contribution < -0.4 is 11.1 Å². The fourth-order valence-corrected chi connectivity index (χ4v) is 1.69. The molecule has 0 spiro atoms. The van der Waals surface area contributed by atoms with E-state index in [4.69, 9.17) is 17.3 Å². The highest BCUT2D eigenvalue weighted by Crippen LogP contribution is 2.19. The van der Waals surface area contributed by atoms with Gasteiger partial charge in [-0.3, -0.25) is 4.79 Å². The van der Waals surface area contributed by atoms with Crippen molar-refractivity contribution in [2.75, 3.05) is 11.1 Å². The molecule has 0 saturated heterocycles. The summed E-state index contributed by atoms with van der Waals surface area (Å²) < 4.78 is 0. The van der Waals surface area contributed by atoms with Crippen LogP contribution in [-0.2, 0) is 0 Å². The third-order valence-electron chi connectivity index (χ3n) is 2.39. The van der Waals surface area contributed by atoms with Crippen molar-refractivity contribution in [3.8, 4) is 0 Å². The van der Waals surface area contributed by atoms with Crippen molar-refractivity contribution in [1.82, 2.24) is 4.98 Å².